The average Bonchev–Trinajstić information content (AvgIpc) is 3.47. The minimum atomic E-state index is 0.643. The van der Waals surface area contributed by atoms with Crippen LogP contribution in [-0.2, 0) is 0 Å². The highest BCUT2D eigenvalue weighted by atomic mass is 15.1. The lowest BCUT2D eigenvalue weighted by molar-refractivity contribution is 0.172. The third-order valence-corrected chi connectivity index (χ3v) is 6.13. The van der Waals surface area contributed by atoms with Crippen LogP contribution in [0.25, 0.3) is 16.9 Å². The van der Waals surface area contributed by atoms with Crippen LogP contribution in [0.2, 0.25) is 0 Å². The lowest BCUT2D eigenvalue weighted by atomic mass is 9.89. The van der Waals surface area contributed by atoms with Crippen LogP contribution in [0.5, 0.6) is 0 Å². The monoisotopic (exact) mass is 401 g/mol. The van der Waals surface area contributed by atoms with Crippen LogP contribution >= 0.6 is 0 Å². The van der Waals surface area contributed by atoms with Crippen LogP contribution in [-0.4, -0.2) is 48.6 Å². The van der Waals surface area contributed by atoms with Gasteiger partial charge in [0.2, 0.25) is 0 Å². The molecule has 5 rings (SSSR count). The van der Waals surface area contributed by atoms with E-state index in [1.165, 1.54) is 31.5 Å². The average molecular weight is 402 g/mol. The van der Waals surface area contributed by atoms with Gasteiger partial charge in [-0.2, -0.15) is 5.10 Å². The van der Waals surface area contributed by atoms with Crippen LogP contribution in [0.1, 0.15) is 38.2 Å². The lowest BCUT2D eigenvalue weighted by Gasteiger charge is -2.34. The number of piperidine rings is 1. The van der Waals surface area contributed by atoms with Crippen molar-refractivity contribution in [2.45, 2.75) is 38.6 Å². The largest absolute Gasteiger partial charge is 0.337 e. The third-order valence-electron chi connectivity index (χ3n) is 6.13. The molecule has 154 valence electrons. The first-order chi connectivity index (χ1) is 14.7. The molecule has 1 fully saturated rings. The smallest absolute Gasteiger partial charge is 0.180 e. The van der Waals surface area contributed by atoms with Gasteiger partial charge in [0.05, 0.1) is 18.1 Å². The molecule has 0 spiro atoms. The zero-order valence-corrected chi connectivity index (χ0v) is 17.4. The van der Waals surface area contributed by atoms with Crippen molar-refractivity contribution < 1.29 is 0 Å². The van der Waals surface area contributed by atoms with Crippen LogP contribution in [0.15, 0.2) is 55.2 Å². The summed E-state index contributed by atoms with van der Waals surface area (Å²) in [6, 6.07) is 9.44. The molecule has 7 nitrogen and oxygen atoms in total. The summed E-state index contributed by atoms with van der Waals surface area (Å²) in [4.78, 5) is 11.7. The molecular weight excluding hydrogens is 374 g/mol. The minimum absolute atomic E-state index is 0.643. The summed E-state index contributed by atoms with van der Waals surface area (Å²) in [6.45, 7) is 6.95. The van der Waals surface area contributed by atoms with Crippen molar-refractivity contribution in [1.29, 1.82) is 0 Å². The number of rotatable bonds is 5. The van der Waals surface area contributed by atoms with E-state index < -0.39 is 0 Å². The molecule has 0 amide bonds. The summed E-state index contributed by atoms with van der Waals surface area (Å²) < 4.78 is 2.02. The van der Waals surface area contributed by atoms with E-state index in [9.17, 15) is 0 Å². The Kier molecular flexibility index (Phi) is 4.96. The normalized spacial score (nSPS) is 15.8. The number of hydrogen-bond acceptors (Lipinski definition) is 5. The second-order valence-electron chi connectivity index (χ2n) is 8.25. The van der Waals surface area contributed by atoms with Crippen molar-refractivity contribution in [1.82, 2.24) is 29.5 Å². The van der Waals surface area contributed by atoms with Gasteiger partial charge in [0.15, 0.2) is 11.5 Å². The molecule has 0 radical (unpaired) electrons. The molecule has 1 aliphatic heterocycles. The summed E-state index contributed by atoms with van der Waals surface area (Å²) in [5.74, 6) is 1.39. The quantitative estimate of drug-likeness (QED) is 0.517. The molecule has 1 aromatic carbocycles. The van der Waals surface area contributed by atoms with Crippen LogP contribution < -0.4 is 5.32 Å². The number of anilines is 2. The molecule has 1 aliphatic rings. The first-order valence-electron chi connectivity index (χ1n) is 10.6. The molecule has 0 aliphatic carbocycles. The summed E-state index contributed by atoms with van der Waals surface area (Å²) in [5, 5.41) is 10.3. The number of fused-ring (bicyclic) bond motifs is 1. The molecule has 0 atom stereocenters. The van der Waals surface area contributed by atoms with Gasteiger partial charge in [-0.05, 0) is 63.4 Å². The molecule has 3 aromatic heterocycles. The van der Waals surface area contributed by atoms with E-state index in [1.54, 1.807) is 12.4 Å². The minimum Gasteiger partial charge on any atom is -0.337 e. The zero-order chi connectivity index (χ0) is 20.5. The fraction of sp³-hybridized carbons (Fsp3) is 0.348. The van der Waals surface area contributed by atoms with Gasteiger partial charge in [-0.1, -0.05) is 12.1 Å². The Morgan fingerprint density at radius 1 is 1.07 bits per heavy atom. The predicted molar refractivity (Wildman–Crippen MR) is 119 cm³/mol. The number of aromatic amines is 1. The molecule has 30 heavy (non-hydrogen) atoms. The predicted octanol–water partition coefficient (Wildman–Crippen LogP) is 4.45. The lowest BCUT2D eigenvalue weighted by Crippen LogP contribution is -2.37. The molecule has 1 saturated heterocycles. The molecule has 0 unspecified atom stereocenters. The van der Waals surface area contributed by atoms with Gasteiger partial charge in [0.25, 0.3) is 0 Å². The number of benzene rings is 1. The van der Waals surface area contributed by atoms with E-state index in [2.05, 4.69) is 68.5 Å². The van der Waals surface area contributed by atoms with Crippen molar-refractivity contribution in [2.75, 3.05) is 18.4 Å². The van der Waals surface area contributed by atoms with Crippen LogP contribution in [0, 0.1) is 0 Å². The van der Waals surface area contributed by atoms with Gasteiger partial charge in [-0.15, -0.1) is 0 Å². The number of likely N-dealkylation sites (tertiary alicyclic amines) is 1. The van der Waals surface area contributed by atoms with Crippen molar-refractivity contribution >= 4 is 17.2 Å². The third kappa shape index (κ3) is 3.57. The maximum atomic E-state index is 4.63. The highest BCUT2D eigenvalue weighted by molar-refractivity contribution is 5.73. The van der Waals surface area contributed by atoms with Gasteiger partial charge in [-0.25, -0.2) is 9.97 Å². The fourth-order valence-corrected chi connectivity index (χ4v) is 4.34. The number of hydrogen-bond donors (Lipinski definition) is 2. The first kappa shape index (κ1) is 18.8. The summed E-state index contributed by atoms with van der Waals surface area (Å²) in [6.07, 6.45) is 11.7. The van der Waals surface area contributed by atoms with E-state index >= 15 is 0 Å². The number of H-pyrrole nitrogens is 1. The SMILES string of the molecule is CC(C)N1CCC(c2ccc(Nc3ncc(-c4cn[nH]c4)n4ccnc34)cc2)CC1. The van der Waals surface area contributed by atoms with Crippen molar-refractivity contribution in [3.8, 4) is 11.3 Å². The second kappa shape index (κ2) is 7.91. The Bertz CT molecular complexity index is 1100. The molecule has 0 saturated carbocycles. The fourth-order valence-electron chi connectivity index (χ4n) is 4.34. The number of nitrogens with zero attached hydrogens (tertiary/aromatic N) is 5. The zero-order valence-electron chi connectivity index (χ0n) is 17.4. The van der Waals surface area contributed by atoms with Crippen molar-refractivity contribution in [3.05, 3.63) is 60.8 Å². The molecule has 4 aromatic rings. The maximum absolute atomic E-state index is 4.63. The van der Waals surface area contributed by atoms with Crippen LogP contribution in [0.4, 0.5) is 11.5 Å². The van der Waals surface area contributed by atoms with E-state index in [1.807, 2.05) is 23.0 Å². The van der Waals surface area contributed by atoms with Gasteiger partial charge < -0.3 is 10.2 Å². The number of nitrogens with one attached hydrogen (secondary N) is 2. The second-order valence-corrected chi connectivity index (χ2v) is 8.25. The van der Waals surface area contributed by atoms with Gasteiger partial charge in [0.1, 0.15) is 0 Å². The molecule has 7 heteroatoms. The molecule has 4 heterocycles. The summed E-state index contributed by atoms with van der Waals surface area (Å²) in [7, 11) is 0. The van der Waals surface area contributed by atoms with E-state index in [0.29, 0.717) is 12.0 Å². The van der Waals surface area contributed by atoms with E-state index in [0.717, 1.165) is 28.4 Å². The molecular formula is C23H27N7. The number of aromatic nitrogens is 5. The Hall–Kier alpha value is -3.19. The maximum Gasteiger partial charge on any atom is 0.180 e. The Balaban J connectivity index is 1.33. The molecule has 0 bridgehead atoms. The molecule has 2 N–H and O–H groups in total. The van der Waals surface area contributed by atoms with E-state index in [4.69, 9.17) is 0 Å². The van der Waals surface area contributed by atoms with Crippen molar-refractivity contribution in [2.24, 2.45) is 0 Å². The summed E-state index contributed by atoms with van der Waals surface area (Å²) in [5.41, 5.74) is 5.17. The highest BCUT2D eigenvalue weighted by Gasteiger charge is 2.22. The van der Waals surface area contributed by atoms with Gasteiger partial charge in [-0.3, -0.25) is 9.50 Å². The van der Waals surface area contributed by atoms with Crippen LogP contribution in [0.3, 0.4) is 0 Å². The Labute approximate surface area is 176 Å². The standard InChI is InChI=1S/C23H27N7/c1-16(2)29-10-7-18(8-11-29)17-3-5-20(6-4-17)28-22-23-24-9-12-30(23)21(15-25-22)19-13-26-27-14-19/h3-6,9,12-16,18H,7-8,10-11H2,1-2H3,(H,25,28)(H,26,27). The van der Waals surface area contributed by atoms with Crippen molar-refractivity contribution in [3.63, 3.8) is 0 Å². The summed E-state index contributed by atoms with van der Waals surface area (Å²) >= 11 is 0. The first-order valence-corrected chi connectivity index (χ1v) is 10.6. The number of imidazole rings is 1. The topological polar surface area (TPSA) is 74.1 Å². The van der Waals surface area contributed by atoms with Gasteiger partial charge in [0, 0.05) is 35.9 Å². The van der Waals surface area contributed by atoms with Gasteiger partial charge >= 0.3 is 0 Å². The highest BCUT2D eigenvalue weighted by Crippen LogP contribution is 2.30. The van der Waals surface area contributed by atoms with E-state index in [-0.39, 0.29) is 0 Å². The Morgan fingerprint density at radius 2 is 1.87 bits per heavy atom. The Morgan fingerprint density at radius 3 is 2.57 bits per heavy atom.